The van der Waals surface area contributed by atoms with Gasteiger partial charge in [0, 0.05) is 5.56 Å². The lowest BCUT2D eigenvalue weighted by molar-refractivity contribution is -0.137. The van der Waals surface area contributed by atoms with Crippen molar-refractivity contribution in [3.63, 3.8) is 0 Å². The summed E-state index contributed by atoms with van der Waals surface area (Å²) in [5.41, 5.74) is 0.166. The number of anilines is 2. The topological polar surface area (TPSA) is 37.8 Å². The van der Waals surface area contributed by atoms with Gasteiger partial charge in [-0.05, 0) is 24.6 Å². The molecule has 112 valence electrons. The summed E-state index contributed by atoms with van der Waals surface area (Å²) in [6.07, 6.45) is -2.60. The Morgan fingerprint density at radius 1 is 1.19 bits per heavy atom. The van der Waals surface area contributed by atoms with E-state index in [9.17, 15) is 13.2 Å². The molecule has 1 aromatic carbocycles. The molecule has 0 fully saturated rings. The van der Waals surface area contributed by atoms with Crippen LogP contribution in [0.3, 0.4) is 0 Å². The second-order valence-electron chi connectivity index (χ2n) is 4.16. The quantitative estimate of drug-likeness (QED) is 0.792. The fraction of sp³-hybridized carbons (Fsp3) is 0.231. The van der Waals surface area contributed by atoms with Gasteiger partial charge in [0.05, 0.1) is 16.3 Å². The minimum Gasteiger partial charge on any atom is -0.339 e. The van der Waals surface area contributed by atoms with Crippen LogP contribution in [-0.2, 0) is 12.6 Å². The molecule has 1 heterocycles. The Morgan fingerprint density at radius 3 is 2.48 bits per heavy atom. The summed E-state index contributed by atoms with van der Waals surface area (Å²) in [6, 6.07) is 3.06. The molecule has 0 aliphatic heterocycles. The van der Waals surface area contributed by atoms with Crippen molar-refractivity contribution in [1.29, 1.82) is 0 Å². The van der Waals surface area contributed by atoms with Crippen molar-refractivity contribution in [2.75, 3.05) is 5.32 Å². The van der Waals surface area contributed by atoms with Gasteiger partial charge in [-0.3, -0.25) is 0 Å². The molecule has 0 saturated carbocycles. The zero-order chi connectivity index (χ0) is 15.6. The normalized spacial score (nSPS) is 11.5. The largest absolute Gasteiger partial charge is 0.416 e. The number of nitrogens with one attached hydrogen (secondary N) is 1. The number of benzene rings is 1. The molecule has 0 bridgehead atoms. The third-order valence-corrected chi connectivity index (χ3v) is 3.43. The lowest BCUT2D eigenvalue weighted by Gasteiger charge is -2.13. The van der Waals surface area contributed by atoms with E-state index in [1.165, 1.54) is 12.4 Å². The maximum Gasteiger partial charge on any atom is 0.416 e. The number of hydrogen-bond donors (Lipinski definition) is 1. The number of rotatable bonds is 3. The first-order chi connectivity index (χ1) is 9.82. The van der Waals surface area contributed by atoms with Gasteiger partial charge >= 0.3 is 6.18 Å². The van der Waals surface area contributed by atoms with Crippen molar-refractivity contribution in [3.8, 4) is 0 Å². The average Bonchev–Trinajstić information content (AvgIpc) is 2.40. The third-order valence-electron chi connectivity index (χ3n) is 2.80. The zero-order valence-corrected chi connectivity index (χ0v) is 12.3. The number of halogens is 5. The van der Waals surface area contributed by atoms with Crippen LogP contribution in [0.4, 0.5) is 24.7 Å². The predicted octanol–water partition coefficient (Wildman–Crippen LogP) is 5.11. The van der Waals surface area contributed by atoms with Crippen LogP contribution < -0.4 is 5.32 Å². The second-order valence-corrected chi connectivity index (χ2v) is 4.93. The Bertz CT molecular complexity index is 660. The summed E-state index contributed by atoms with van der Waals surface area (Å²) in [5.74, 6) is 0.416. The molecule has 0 aliphatic rings. The summed E-state index contributed by atoms with van der Waals surface area (Å²) < 4.78 is 37.7. The first-order valence-electron chi connectivity index (χ1n) is 5.96. The fourth-order valence-corrected chi connectivity index (χ4v) is 2.23. The van der Waals surface area contributed by atoms with E-state index in [-0.39, 0.29) is 10.2 Å². The van der Waals surface area contributed by atoms with Crippen molar-refractivity contribution in [3.05, 3.63) is 45.8 Å². The Labute approximate surface area is 129 Å². The van der Waals surface area contributed by atoms with E-state index in [0.717, 1.165) is 12.1 Å². The molecule has 2 rings (SSSR count). The van der Waals surface area contributed by atoms with E-state index >= 15 is 0 Å². The minimum atomic E-state index is -4.44. The molecular formula is C13H10Cl2F3N3. The maximum atomic E-state index is 12.6. The molecule has 1 aromatic heterocycles. The Morgan fingerprint density at radius 2 is 1.90 bits per heavy atom. The van der Waals surface area contributed by atoms with Crippen LogP contribution in [0.2, 0.25) is 10.2 Å². The van der Waals surface area contributed by atoms with Crippen molar-refractivity contribution in [2.45, 2.75) is 19.5 Å². The molecule has 21 heavy (non-hydrogen) atoms. The monoisotopic (exact) mass is 335 g/mol. The lowest BCUT2D eigenvalue weighted by Crippen LogP contribution is -2.06. The molecule has 0 aliphatic carbocycles. The summed E-state index contributed by atoms with van der Waals surface area (Å²) in [7, 11) is 0. The van der Waals surface area contributed by atoms with Crippen LogP contribution in [0, 0.1) is 0 Å². The molecule has 0 unspecified atom stereocenters. The van der Waals surface area contributed by atoms with Crippen molar-refractivity contribution in [2.24, 2.45) is 0 Å². The van der Waals surface area contributed by atoms with Gasteiger partial charge in [-0.2, -0.15) is 13.2 Å². The average molecular weight is 336 g/mol. The van der Waals surface area contributed by atoms with Gasteiger partial charge in [-0.1, -0.05) is 30.1 Å². The van der Waals surface area contributed by atoms with Gasteiger partial charge in [-0.15, -0.1) is 0 Å². The van der Waals surface area contributed by atoms with E-state index in [0.29, 0.717) is 23.5 Å². The summed E-state index contributed by atoms with van der Waals surface area (Å²) >= 11 is 11.8. The highest BCUT2D eigenvalue weighted by Gasteiger charge is 2.30. The lowest BCUT2D eigenvalue weighted by atomic mass is 10.2. The Hall–Kier alpha value is -1.53. The number of nitrogens with zero attached hydrogens (tertiary/aromatic N) is 2. The molecule has 0 radical (unpaired) electrons. The van der Waals surface area contributed by atoms with Crippen molar-refractivity contribution >= 4 is 34.7 Å². The Balaban J connectivity index is 2.35. The summed E-state index contributed by atoms with van der Waals surface area (Å²) in [6.45, 7) is 1.87. The van der Waals surface area contributed by atoms with Crippen LogP contribution >= 0.6 is 23.2 Å². The molecule has 0 amide bonds. The predicted molar refractivity (Wildman–Crippen MR) is 76.2 cm³/mol. The Kier molecular flexibility index (Phi) is 4.58. The van der Waals surface area contributed by atoms with Crippen LogP contribution in [0.1, 0.15) is 18.1 Å². The van der Waals surface area contributed by atoms with Crippen LogP contribution in [0.25, 0.3) is 0 Å². The van der Waals surface area contributed by atoms with Gasteiger partial charge in [-0.25, -0.2) is 9.97 Å². The SMILES string of the molecule is CCc1c(Cl)ncnc1Nc1ccc(C(F)(F)F)cc1Cl. The molecular weight excluding hydrogens is 326 g/mol. The van der Waals surface area contributed by atoms with Crippen LogP contribution in [0.5, 0.6) is 0 Å². The molecule has 8 heteroatoms. The number of alkyl halides is 3. The molecule has 3 nitrogen and oxygen atoms in total. The van der Waals surface area contributed by atoms with Gasteiger partial charge in [0.15, 0.2) is 0 Å². The van der Waals surface area contributed by atoms with Gasteiger partial charge in [0.25, 0.3) is 0 Å². The first-order valence-corrected chi connectivity index (χ1v) is 6.71. The maximum absolute atomic E-state index is 12.6. The van der Waals surface area contributed by atoms with E-state index in [2.05, 4.69) is 15.3 Å². The zero-order valence-electron chi connectivity index (χ0n) is 10.8. The molecule has 2 aromatic rings. The highest BCUT2D eigenvalue weighted by molar-refractivity contribution is 6.33. The van der Waals surface area contributed by atoms with E-state index in [1.807, 2.05) is 6.92 Å². The smallest absolute Gasteiger partial charge is 0.339 e. The fourth-order valence-electron chi connectivity index (χ4n) is 1.73. The van der Waals surface area contributed by atoms with E-state index in [4.69, 9.17) is 23.2 Å². The molecule has 1 N–H and O–H groups in total. The number of hydrogen-bond acceptors (Lipinski definition) is 3. The minimum absolute atomic E-state index is 0.0541. The van der Waals surface area contributed by atoms with Gasteiger partial charge in [0.1, 0.15) is 17.3 Å². The molecule has 0 spiro atoms. The molecule has 0 atom stereocenters. The van der Waals surface area contributed by atoms with Crippen LogP contribution in [-0.4, -0.2) is 9.97 Å². The second kappa shape index (κ2) is 6.07. The van der Waals surface area contributed by atoms with E-state index in [1.54, 1.807) is 0 Å². The van der Waals surface area contributed by atoms with Gasteiger partial charge < -0.3 is 5.32 Å². The molecule has 0 saturated heterocycles. The standard InChI is InChI=1S/C13H10Cl2F3N3/c1-2-8-11(15)19-6-20-12(8)21-10-4-3-7(5-9(10)14)13(16,17)18/h3-6H,2H2,1H3,(H,19,20,21). The van der Waals surface area contributed by atoms with Crippen molar-refractivity contribution in [1.82, 2.24) is 9.97 Å². The highest BCUT2D eigenvalue weighted by atomic mass is 35.5. The summed E-state index contributed by atoms with van der Waals surface area (Å²) in [4.78, 5) is 7.88. The van der Waals surface area contributed by atoms with Crippen molar-refractivity contribution < 1.29 is 13.2 Å². The van der Waals surface area contributed by atoms with E-state index < -0.39 is 11.7 Å². The third kappa shape index (κ3) is 3.57. The van der Waals surface area contributed by atoms with Crippen LogP contribution in [0.15, 0.2) is 24.5 Å². The first kappa shape index (κ1) is 15.9. The summed E-state index contributed by atoms with van der Waals surface area (Å²) in [5, 5.41) is 3.11. The number of aromatic nitrogens is 2. The van der Waals surface area contributed by atoms with Gasteiger partial charge in [0.2, 0.25) is 0 Å². The highest BCUT2D eigenvalue weighted by Crippen LogP contribution is 2.35.